The van der Waals surface area contributed by atoms with E-state index >= 15 is 0 Å². The molecule has 3 aromatic rings. The van der Waals surface area contributed by atoms with E-state index in [-0.39, 0.29) is 23.1 Å². The van der Waals surface area contributed by atoms with Crippen molar-refractivity contribution in [2.45, 2.75) is 11.5 Å². The highest BCUT2D eigenvalue weighted by Crippen LogP contribution is 2.64. The van der Waals surface area contributed by atoms with Gasteiger partial charge in [-0.15, -0.1) is 0 Å². The summed E-state index contributed by atoms with van der Waals surface area (Å²) in [5.41, 5.74) is 3.90. The van der Waals surface area contributed by atoms with E-state index < -0.39 is 4.92 Å². The third kappa shape index (κ3) is 2.21. The molecular weight excluding hydrogens is 340 g/mol. The zero-order chi connectivity index (χ0) is 18.4. The predicted molar refractivity (Wildman–Crippen MR) is 102 cm³/mol. The summed E-state index contributed by atoms with van der Waals surface area (Å²) in [6, 6.07) is 27.2. The summed E-state index contributed by atoms with van der Waals surface area (Å²) in [7, 11) is 0. The van der Waals surface area contributed by atoms with Gasteiger partial charge in [-0.3, -0.25) is 10.1 Å². The monoisotopic (exact) mass is 356 g/mol. The molecule has 132 valence electrons. The van der Waals surface area contributed by atoms with Gasteiger partial charge >= 0.3 is 0 Å². The first-order chi connectivity index (χ1) is 13.2. The summed E-state index contributed by atoms with van der Waals surface area (Å²) >= 11 is 0. The molecule has 0 bridgehead atoms. The number of hydrogen-bond donors (Lipinski definition) is 0. The average molecular weight is 356 g/mol. The van der Waals surface area contributed by atoms with E-state index in [0.29, 0.717) is 0 Å². The lowest BCUT2D eigenvalue weighted by molar-refractivity contribution is -0.384. The number of benzene rings is 3. The van der Waals surface area contributed by atoms with Crippen molar-refractivity contribution in [3.8, 4) is 0 Å². The predicted octanol–water partition coefficient (Wildman–Crippen LogP) is 4.31. The minimum absolute atomic E-state index is 0.0625. The fraction of sp³-hybridized carbons (Fsp3) is 0.136. The van der Waals surface area contributed by atoms with Gasteiger partial charge in [-0.2, -0.15) is 0 Å². The summed E-state index contributed by atoms with van der Waals surface area (Å²) in [6.45, 7) is 0. The van der Waals surface area contributed by atoms with Gasteiger partial charge in [0, 0.05) is 17.7 Å². The molecule has 5 heteroatoms. The van der Waals surface area contributed by atoms with E-state index in [1.807, 2.05) is 36.4 Å². The largest absolute Gasteiger partial charge is 0.390 e. The molecule has 0 N–H and O–H groups in total. The Balaban J connectivity index is 1.59. The van der Waals surface area contributed by atoms with Gasteiger partial charge in [0.05, 0.1) is 22.0 Å². The molecule has 0 saturated heterocycles. The van der Waals surface area contributed by atoms with E-state index in [0.717, 1.165) is 11.3 Å². The second-order valence-corrected chi connectivity index (χ2v) is 6.89. The minimum atomic E-state index is -0.394. The van der Waals surface area contributed by atoms with Gasteiger partial charge in [-0.05, 0) is 23.3 Å². The first-order valence-corrected chi connectivity index (χ1v) is 8.82. The number of nitro benzene ring substituents is 1. The molecular formula is C22H16N2O3. The molecule has 0 radical (unpaired) electrons. The van der Waals surface area contributed by atoms with Gasteiger partial charge in [0.2, 0.25) is 0 Å². The van der Waals surface area contributed by atoms with Crippen LogP contribution >= 0.6 is 0 Å². The highest BCUT2D eigenvalue weighted by atomic mass is 16.7. The molecule has 3 aromatic carbocycles. The van der Waals surface area contributed by atoms with Crippen LogP contribution in [0.5, 0.6) is 0 Å². The smallest absolute Gasteiger partial charge is 0.269 e. The highest BCUT2D eigenvalue weighted by molar-refractivity contribution is 6.07. The number of fused-ring (bicyclic) bond motifs is 1. The van der Waals surface area contributed by atoms with Crippen LogP contribution < -0.4 is 0 Å². The quantitative estimate of drug-likeness (QED) is 0.517. The standard InChI is InChI=1S/C22H16N2O3/c25-24(26)18-13-11-15(12-14-18)20-19-21(27-23-20)22(19,16-7-3-1-4-8-16)17-9-5-2-6-10-17/h1-14,19,21H/t19-,21+/m0/s1. The van der Waals surface area contributed by atoms with Crippen LogP contribution in [-0.2, 0) is 10.3 Å². The molecule has 1 saturated carbocycles. The van der Waals surface area contributed by atoms with Crippen molar-refractivity contribution in [3.63, 3.8) is 0 Å². The zero-order valence-corrected chi connectivity index (χ0v) is 14.4. The van der Waals surface area contributed by atoms with Gasteiger partial charge in [0.15, 0.2) is 6.10 Å². The Morgan fingerprint density at radius 1 is 0.852 bits per heavy atom. The molecule has 0 spiro atoms. The first kappa shape index (κ1) is 15.8. The van der Waals surface area contributed by atoms with Gasteiger partial charge in [-0.25, -0.2) is 0 Å². The van der Waals surface area contributed by atoms with Crippen LogP contribution in [0.3, 0.4) is 0 Å². The number of rotatable bonds is 4. The molecule has 0 amide bonds. The van der Waals surface area contributed by atoms with Crippen molar-refractivity contribution in [1.29, 1.82) is 0 Å². The molecule has 1 aliphatic heterocycles. The number of hydrogen-bond acceptors (Lipinski definition) is 4. The molecule has 0 unspecified atom stereocenters. The van der Waals surface area contributed by atoms with Crippen LogP contribution in [-0.4, -0.2) is 16.7 Å². The molecule has 1 heterocycles. The van der Waals surface area contributed by atoms with E-state index in [2.05, 4.69) is 29.4 Å². The SMILES string of the molecule is O=[N+]([O-])c1ccc(C2=NO[C@@H]3[C@H]2C3(c2ccccc2)c2ccccc2)cc1. The second-order valence-electron chi connectivity index (χ2n) is 6.89. The fourth-order valence-electron chi connectivity index (χ4n) is 4.30. The topological polar surface area (TPSA) is 64.7 Å². The number of non-ortho nitro benzene ring substituents is 1. The van der Waals surface area contributed by atoms with E-state index in [1.54, 1.807) is 12.1 Å². The summed E-state index contributed by atoms with van der Waals surface area (Å²) in [5, 5.41) is 15.2. The van der Waals surface area contributed by atoms with Crippen LogP contribution in [0.15, 0.2) is 90.1 Å². The van der Waals surface area contributed by atoms with E-state index in [9.17, 15) is 10.1 Å². The zero-order valence-electron chi connectivity index (χ0n) is 14.4. The Morgan fingerprint density at radius 3 is 1.93 bits per heavy atom. The van der Waals surface area contributed by atoms with Gasteiger partial charge in [0.1, 0.15) is 0 Å². The Bertz CT molecular complexity index is 991. The third-order valence-corrected chi connectivity index (χ3v) is 5.57. The molecule has 1 aliphatic carbocycles. The Morgan fingerprint density at radius 2 is 1.41 bits per heavy atom. The molecule has 2 atom stereocenters. The van der Waals surface area contributed by atoms with Crippen LogP contribution in [0.1, 0.15) is 16.7 Å². The third-order valence-electron chi connectivity index (χ3n) is 5.57. The van der Waals surface area contributed by atoms with Crippen molar-refractivity contribution < 1.29 is 9.76 Å². The number of nitro groups is 1. The molecule has 5 nitrogen and oxygen atoms in total. The van der Waals surface area contributed by atoms with Crippen molar-refractivity contribution in [3.05, 3.63) is 112 Å². The first-order valence-electron chi connectivity index (χ1n) is 8.82. The maximum absolute atomic E-state index is 10.9. The average Bonchev–Trinajstić information content (AvgIpc) is 3.18. The second kappa shape index (κ2) is 5.77. The molecule has 27 heavy (non-hydrogen) atoms. The Hall–Kier alpha value is -3.47. The normalized spacial score (nSPS) is 21.7. The Kier molecular flexibility index (Phi) is 3.37. The summed E-state index contributed by atoms with van der Waals surface area (Å²) in [6.07, 6.45) is -0.0625. The maximum atomic E-state index is 10.9. The summed E-state index contributed by atoms with van der Waals surface area (Å²) in [5.74, 6) is 0.0868. The van der Waals surface area contributed by atoms with Crippen LogP contribution in [0.25, 0.3) is 0 Å². The van der Waals surface area contributed by atoms with Crippen molar-refractivity contribution in [2.24, 2.45) is 11.1 Å². The van der Waals surface area contributed by atoms with Gasteiger partial charge < -0.3 is 4.84 Å². The minimum Gasteiger partial charge on any atom is -0.390 e. The van der Waals surface area contributed by atoms with Crippen molar-refractivity contribution >= 4 is 11.4 Å². The Labute approximate surface area is 156 Å². The van der Waals surface area contributed by atoms with E-state index in [1.165, 1.54) is 23.3 Å². The van der Waals surface area contributed by atoms with Crippen molar-refractivity contribution in [2.75, 3.05) is 0 Å². The number of nitrogens with zero attached hydrogens (tertiary/aromatic N) is 2. The highest BCUT2D eigenvalue weighted by Gasteiger charge is 2.73. The molecule has 2 aliphatic rings. The maximum Gasteiger partial charge on any atom is 0.269 e. The van der Waals surface area contributed by atoms with Crippen LogP contribution in [0.4, 0.5) is 5.69 Å². The number of oxime groups is 1. The molecule has 0 aromatic heterocycles. The van der Waals surface area contributed by atoms with Crippen LogP contribution in [0.2, 0.25) is 0 Å². The van der Waals surface area contributed by atoms with Gasteiger partial charge in [0.25, 0.3) is 5.69 Å². The molecule has 5 rings (SSSR count). The molecule has 1 fully saturated rings. The summed E-state index contributed by atoms with van der Waals surface area (Å²) in [4.78, 5) is 16.4. The van der Waals surface area contributed by atoms with Gasteiger partial charge in [-0.1, -0.05) is 65.8 Å². The van der Waals surface area contributed by atoms with E-state index in [4.69, 9.17) is 4.84 Å². The van der Waals surface area contributed by atoms with Crippen LogP contribution in [0, 0.1) is 16.0 Å². The lowest BCUT2D eigenvalue weighted by Gasteiger charge is -2.21. The fourth-order valence-corrected chi connectivity index (χ4v) is 4.30. The van der Waals surface area contributed by atoms with Crippen molar-refractivity contribution in [1.82, 2.24) is 0 Å². The summed E-state index contributed by atoms with van der Waals surface area (Å²) < 4.78 is 0. The lowest BCUT2D eigenvalue weighted by atomic mass is 9.83. The lowest BCUT2D eigenvalue weighted by Crippen LogP contribution is -2.21.